The summed E-state index contributed by atoms with van der Waals surface area (Å²) >= 11 is 0. The monoisotopic (exact) mass is 237 g/mol. The number of aromatic nitrogens is 1. The van der Waals surface area contributed by atoms with Gasteiger partial charge in [0.05, 0.1) is 17.9 Å². The SMILES string of the molecule is CCOC(=O)CCc1cnc(C)c(O)c1C=O. The van der Waals surface area contributed by atoms with E-state index in [4.69, 9.17) is 4.74 Å². The Hall–Kier alpha value is -1.91. The first kappa shape index (κ1) is 13.2. The third-order valence-electron chi connectivity index (χ3n) is 2.38. The van der Waals surface area contributed by atoms with Crippen LogP contribution in [0.5, 0.6) is 5.75 Å². The molecule has 0 aliphatic heterocycles. The first-order chi connectivity index (χ1) is 8.10. The Morgan fingerprint density at radius 1 is 1.59 bits per heavy atom. The van der Waals surface area contributed by atoms with Gasteiger partial charge in [0.2, 0.25) is 0 Å². The Balaban J connectivity index is 2.81. The molecule has 1 rings (SSSR count). The zero-order valence-electron chi connectivity index (χ0n) is 9.90. The average Bonchev–Trinajstić information content (AvgIpc) is 2.31. The number of rotatable bonds is 5. The lowest BCUT2D eigenvalue weighted by atomic mass is 10.0. The topological polar surface area (TPSA) is 76.5 Å². The molecule has 0 aliphatic carbocycles. The van der Waals surface area contributed by atoms with Gasteiger partial charge in [-0.15, -0.1) is 0 Å². The Bertz CT molecular complexity index is 429. The van der Waals surface area contributed by atoms with Crippen LogP contribution in [0, 0.1) is 6.92 Å². The first-order valence-electron chi connectivity index (χ1n) is 5.38. The maximum Gasteiger partial charge on any atom is 0.306 e. The second kappa shape index (κ2) is 5.98. The number of hydrogen-bond donors (Lipinski definition) is 1. The van der Waals surface area contributed by atoms with E-state index in [1.165, 1.54) is 6.20 Å². The molecule has 0 saturated carbocycles. The number of aromatic hydroxyl groups is 1. The van der Waals surface area contributed by atoms with Gasteiger partial charge < -0.3 is 9.84 Å². The van der Waals surface area contributed by atoms with Crippen LogP contribution in [0.25, 0.3) is 0 Å². The Labute approximate surface area is 99.4 Å². The average molecular weight is 237 g/mol. The minimum atomic E-state index is -0.329. The molecule has 0 radical (unpaired) electrons. The maximum absolute atomic E-state index is 11.2. The summed E-state index contributed by atoms with van der Waals surface area (Å²) in [5.74, 6) is -0.453. The van der Waals surface area contributed by atoms with Crippen molar-refractivity contribution in [2.24, 2.45) is 0 Å². The van der Waals surface area contributed by atoms with E-state index in [1.54, 1.807) is 13.8 Å². The van der Waals surface area contributed by atoms with Crippen molar-refractivity contribution in [1.82, 2.24) is 4.98 Å². The van der Waals surface area contributed by atoms with Gasteiger partial charge in [-0.05, 0) is 25.8 Å². The molecule has 0 fully saturated rings. The van der Waals surface area contributed by atoms with Gasteiger partial charge in [0.25, 0.3) is 0 Å². The Kier molecular flexibility index (Phi) is 4.63. The molecule has 17 heavy (non-hydrogen) atoms. The highest BCUT2D eigenvalue weighted by Crippen LogP contribution is 2.22. The normalized spacial score (nSPS) is 10.0. The highest BCUT2D eigenvalue weighted by molar-refractivity contribution is 5.82. The molecule has 0 aromatic carbocycles. The fourth-order valence-electron chi connectivity index (χ4n) is 1.45. The molecule has 92 valence electrons. The number of carbonyl (C=O) groups excluding carboxylic acids is 2. The summed E-state index contributed by atoms with van der Waals surface area (Å²) in [5, 5.41) is 9.64. The second-order valence-corrected chi connectivity index (χ2v) is 3.55. The van der Waals surface area contributed by atoms with E-state index in [2.05, 4.69) is 4.98 Å². The summed E-state index contributed by atoms with van der Waals surface area (Å²) in [4.78, 5) is 26.0. The molecule has 5 heteroatoms. The van der Waals surface area contributed by atoms with Crippen molar-refractivity contribution in [2.45, 2.75) is 26.7 Å². The summed E-state index contributed by atoms with van der Waals surface area (Å²) in [6.07, 6.45) is 2.56. The van der Waals surface area contributed by atoms with Gasteiger partial charge >= 0.3 is 5.97 Å². The Morgan fingerprint density at radius 3 is 2.88 bits per heavy atom. The first-order valence-corrected chi connectivity index (χ1v) is 5.38. The van der Waals surface area contributed by atoms with Crippen LogP contribution in [0.4, 0.5) is 0 Å². The second-order valence-electron chi connectivity index (χ2n) is 3.55. The number of hydrogen-bond acceptors (Lipinski definition) is 5. The van der Waals surface area contributed by atoms with Gasteiger partial charge in [-0.2, -0.15) is 0 Å². The molecule has 0 amide bonds. The molecule has 0 saturated heterocycles. The summed E-state index contributed by atoms with van der Waals surface area (Å²) in [7, 11) is 0. The molecule has 0 bridgehead atoms. The number of pyridine rings is 1. The van der Waals surface area contributed by atoms with E-state index in [9.17, 15) is 14.7 Å². The lowest BCUT2D eigenvalue weighted by molar-refractivity contribution is -0.143. The van der Waals surface area contributed by atoms with Crippen LogP contribution in [-0.2, 0) is 16.0 Å². The number of esters is 1. The smallest absolute Gasteiger partial charge is 0.306 e. The molecule has 0 spiro atoms. The van der Waals surface area contributed by atoms with Crippen LogP contribution in [-0.4, -0.2) is 29.0 Å². The standard InChI is InChI=1S/C12H15NO4/c1-3-17-11(15)5-4-9-6-13-8(2)12(16)10(9)7-14/h6-7,16H,3-5H2,1-2H3. The third-order valence-corrected chi connectivity index (χ3v) is 2.38. The van der Waals surface area contributed by atoms with Gasteiger partial charge in [0.1, 0.15) is 5.75 Å². The molecule has 0 unspecified atom stereocenters. The molecule has 1 N–H and O–H groups in total. The predicted molar refractivity (Wildman–Crippen MR) is 61.0 cm³/mol. The van der Waals surface area contributed by atoms with Crippen LogP contribution < -0.4 is 0 Å². The van der Waals surface area contributed by atoms with Crippen LogP contribution in [0.3, 0.4) is 0 Å². The zero-order chi connectivity index (χ0) is 12.8. The van der Waals surface area contributed by atoms with Crippen molar-refractivity contribution >= 4 is 12.3 Å². The van der Waals surface area contributed by atoms with E-state index in [0.717, 1.165) is 0 Å². The molecule has 5 nitrogen and oxygen atoms in total. The largest absolute Gasteiger partial charge is 0.505 e. The number of ether oxygens (including phenoxy) is 1. The van der Waals surface area contributed by atoms with Gasteiger partial charge in [-0.3, -0.25) is 14.6 Å². The summed E-state index contributed by atoms with van der Waals surface area (Å²) in [6, 6.07) is 0. The van der Waals surface area contributed by atoms with Crippen LogP contribution in [0.2, 0.25) is 0 Å². The van der Waals surface area contributed by atoms with Gasteiger partial charge in [-0.1, -0.05) is 0 Å². The van der Waals surface area contributed by atoms with Gasteiger partial charge in [-0.25, -0.2) is 0 Å². The van der Waals surface area contributed by atoms with Crippen LogP contribution in [0.15, 0.2) is 6.20 Å². The van der Waals surface area contributed by atoms with E-state index in [-0.39, 0.29) is 23.7 Å². The predicted octanol–water partition coefficient (Wildman–Crippen LogP) is 1.40. The number of nitrogens with zero attached hydrogens (tertiary/aromatic N) is 1. The fraction of sp³-hybridized carbons (Fsp3) is 0.417. The van der Waals surface area contributed by atoms with Crippen molar-refractivity contribution in [3.63, 3.8) is 0 Å². The highest BCUT2D eigenvalue weighted by atomic mass is 16.5. The summed E-state index contributed by atoms with van der Waals surface area (Å²) in [5.41, 5.74) is 1.14. The van der Waals surface area contributed by atoms with Crippen molar-refractivity contribution in [2.75, 3.05) is 6.61 Å². The quantitative estimate of drug-likeness (QED) is 0.618. The minimum absolute atomic E-state index is 0.124. The number of aldehydes is 1. The van der Waals surface area contributed by atoms with E-state index in [1.807, 2.05) is 0 Å². The molecular weight excluding hydrogens is 222 g/mol. The zero-order valence-corrected chi connectivity index (χ0v) is 9.90. The van der Waals surface area contributed by atoms with E-state index in [0.29, 0.717) is 30.6 Å². The number of aryl methyl sites for hydroxylation is 2. The lowest BCUT2D eigenvalue weighted by Crippen LogP contribution is -2.07. The lowest BCUT2D eigenvalue weighted by Gasteiger charge is -2.07. The Morgan fingerprint density at radius 2 is 2.29 bits per heavy atom. The van der Waals surface area contributed by atoms with Gasteiger partial charge in [0.15, 0.2) is 6.29 Å². The van der Waals surface area contributed by atoms with E-state index < -0.39 is 0 Å². The van der Waals surface area contributed by atoms with Crippen molar-refractivity contribution < 1.29 is 19.4 Å². The van der Waals surface area contributed by atoms with Crippen LogP contribution in [0.1, 0.15) is 35.0 Å². The molecular formula is C12H15NO4. The molecule has 1 aromatic rings. The van der Waals surface area contributed by atoms with Crippen molar-refractivity contribution in [1.29, 1.82) is 0 Å². The molecule has 0 atom stereocenters. The van der Waals surface area contributed by atoms with Crippen LogP contribution >= 0.6 is 0 Å². The number of carbonyl (C=O) groups is 2. The maximum atomic E-state index is 11.2. The highest BCUT2D eigenvalue weighted by Gasteiger charge is 2.12. The molecule has 0 aliphatic rings. The molecule has 1 aromatic heterocycles. The molecule has 1 heterocycles. The third kappa shape index (κ3) is 3.27. The summed E-state index contributed by atoms with van der Waals surface area (Å²) < 4.78 is 4.78. The minimum Gasteiger partial charge on any atom is -0.505 e. The van der Waals surface area contributed by atoms with Crippen molar-refractivity contribution in [3.8, 4) is 5.75 Å². The van der Waals surface area contributed by atoms with E-state index >= 15 is 0 Å². The summed E-state index contributed by atoms with van der Waals surface area (Å²) in [6.45, 7) is 3.67. The fourth-order valence-corrected chi connectivity index (χ4v) is 1.45. The van der Waals surface area contributed by atoms with Gasteiger partial charge in [0, 0.05) is 12.6 Å². The van der Waals surface area contributed by atoms with Crippen molar-refractivity contribution in [3.05, 3.63) is 23.0 Å².